The molecule has 2 nitrogen and oxygen atoms in total. The minimum atomic E-state index is -0.310. The van der Waals surface area contributed by atoms with Gasteiger partial charge in [-0.3, -0.25) is 4.79 Å². The highest BCUT2D eigenvalue weighted by molar-refractivity contribution is 8.90. The van der Waals surface area contributed by atoms with Gasteiger partial charge in [-0.25, -0.2) is 0 Å². The van der Waals surface area contributed by atoms with Crippen LogP contribution in [0, 0.1) is 5.92 Å². The molecule has 1 saturated heterocycles. The van der Waals surface area contributed by atoms with Crippen molar-refractivity contribution in [2.45, 2.75) is 13.3 Å². The molecular formula is C11H17O2PS2. The van der Waals surface area contributed by atoms with Crippen molar-refractivity contribution in [3.05, 3.63) is 24.5 Å². The van der Waals surface area contributed by atoms with Crippen molar-refractivity contribution in [1.82, 2.24) is 0 Å². The molecule has 16 heavy (non-hydrogen) atoms. The highest BCUT2D eigenvalue weighted by atomic mass is 33.1. The quantitative estimate of drug-likeness (QED) is 0.415. The highest BCUT2D eigenvalue weighted by Gasteiger charge is 2.30. The Morgan fingerprint density at radius 1 is 1.56 bits per heavy atom. The SMILES string of the molecule is C=CCC(C(=C)P1SCCS1)C(=O)OCC. The van der Waals surface area contributed by atoms with Crippen molar-refractivity contribution in [2.75, 3.05) is 18.1 Å². The van der Waals surface area contributed by atoms with Gasteiger partial charge in [0.1, 0.15) is 0 Å². The summed E-state index contributed by atoms with van der Waals surface area (Å²) in [6.07, 6.45) is 2.10. The molecule has 1 heterocycles. The van der Waals surface area contributed by atoms with Crippen molar-refractivity contribution >= 4 is 35.1 Å². The molecule has 1 unspecified atom stereocenters. The van der Waals surface area contributed by atoms with Crippen LogP contribution in [0.5, 0.6) is 0 Å². The van der Waals surface area contributed by atoms with Crippen LogP contribution in [0.3, 0.4) is 0 Å². The van der Waals surface area contributed by atoms with Gasteiger partial charge in [0.2, 0.25) is 0 Å². The maximum atomic E-state index is 11.8. The summed E-state index contributed by atoms with van der Waals surface area (Å²) in [5, 5.41) is 1.04. The molecule has 0 bridgehead atoms. The van der Waals surface area contributed by atoms with Crippen molar-refractivity contribution in [2.24, 2.45) is 5.92 Å². The zero-order chi connectivity index (χ0) is 12.0. The van der Waals surface area contributed by atoms with E-state index in [-0.39, 0.29) is 18.2 Å². The Morgan fingerprint density at radius 2 is 2.19 bits per heavy atom. The molecule has 1 atom stereocenters. The molecule has 1 aliphatic rings. The lowest BCUT2D eigenvalue weighted by atomic mass is 10.1. The Bertz CT molecular complexity index is 275. The summed E-state index contributed by atoms with van der Waals surface area (Å²) in [5.41, 5.74) is 0. The second kappa shape index (κ2) is 7.41. The Labute approximate surface area is 107 Å². The predicted molar refractivity (Wildman–Crippen MR) is 75.9 cm³/mol. The fourth-order valence-corrected chi connectivity index (χ4v) is 9.48. The van der Waals surface area contributed by atoms with Crippen LogP contribution in [-0.2, 0) is 9.53 Å². The first-order chi connectivity index (χ1) is 7.70. The van der Waals surface area contributed by atoms with E-state index in [0.717, 1.165) is 5.31 Å². The highest BCUT2D eigenvalue weighted by Crippen LogP contribution is 2.72. The van der Waals surface area contributed by atoms with Gasteiger partial charge in [-0.05, 0) is 18.7 Å². The van der Waals surface area contributed by atoms with Gasteiger partial charge in [0.15, 0.2) is 0 Å². The number of rotatable bonds is 6. The summed E-state index contributed by atoms with van der Waals surface area (Å²) < 4.78 is 5.08. The van der Waals surface area contributed by atoms with Crippen LogP contribution >= 0.6 is 29.1 Å². The molecule has 1 aliphatic heterocycles. The third kappa shape index (κ3) is 3.83. The molecule has 0 aromatic carbocycles. The second-order valence-corrected chi connectivity index (χ2v) is 10.1. The molecule has 0 aromatic heterocycles. The normalized spacial score (nSPS) is 18.1. The standard InChI is InChI=1S/C11H17O2PS2/c1-4-6-10(11(12)13-5-2)9(3)14-15-7-8-16-14/h4,10H,1,3,5-8H2,2H3. The molecule has 90 valence electrons. The molecule has 0 aromatic rings. The van der Waals surface area contributed by atoms with E-state index in [0.29, 0.717) is 13.0 Å². The summed E-state index contributed by atoms with van der Waals surface area (Å²) in [5.74, 6) is 1.99. The van der Waals surface area contributed by atoms with Crippen LogP contribution in [0.2, 0.25) is 0 Å². The van der Waals surface area contributed by atoms with Gasteiger partial charge >= 0.3 is 5.97 Å². The monoisotopic (exact) mass is 276 g/mol. The van der Waals surface area contributed by atoms with Gasteiger partial charge in [-0.15, -0.1) is 29.3 Å². The van der Waals surface area contributed by atoms with Crippen molar-refractivity contribution in [3.63, 3.8) is 0 Å². The molecule has 1 rings (SSSR count). The van der Waals surface area contributed by atoms with Crippen LogP contribution in [-0.4, -0.2) is 24.1 Å². The number of hydrogen-bond acceptors (Lipinski definition) is 4. The number of carbonyl (C=O) groups is 1. The van der Waals surface area contributed by atoms with Gasteiger partial charge in [-0.2, -0.15) is 0 Å². The van der Waals surface area contributed by atoms with E-state index < -0.39 is 0 Å². The smallest absolute Gasteiger partial charge is 0.313 e. The largest absolute Gasteiger partial charge is 0.466 e. The fourth-order valence-electron chi connectivity index (χ4n) is 1.35. The molecule has 0 saturated carbocycles. The van der Waals surface area contributed by atoms with Crippen LogP contribution < -0.4 is 0 Å². The van der Waals surface area contributed by atoms with E-state index in [1.54, 1.807) is 6.08 Å². The van der Waals surface area contributed by atoms with E-state index in [4.69, 9.17) is 4.74 Å². The third-order valence-corrected chi connectivity index (χ3v) is 10.2. The lowest BCUT2D eigenvalue weighted by Gasteiger charge is -2.20. The zero-order valence-corrected chi connectivity index (χ0v) is 12.0. The molecule has 0 radical (unpaired) electrons. The molecule has 0 aliphatic carbocycles. The zero-order valence-electron chi connectivity index (χ0n) is 9.48. The van der Waals surface area contributed by atoms with Crippen LogP contribution in [0.1, 0.15) is 13.3 Å². The second-order valence-electron chi connectivity index (χ2n) is 3.24. The van der Waals surface area contributed by atoms with E-state index in [9.17, 15) is 4.79 Å². The number of ether oxygens (including phenoxy) is 1. The van der Waals surface area contributed by atoms with Crippen LogP contribution in [0.25, 0.3) is 0 Å². The number of esters is 1. The van der Waals surface area contributed by atoms with E-state index in [1.165, 1.54) is 11.5 Å². The molecule has 0 N–H and O–H groups in total. The van der Waals surface area contributed by atoms with Crippen molar-refractivity contribution in [3.8, 4) is 0 Å². The third-order valence-electron chi connectivity index (χ3n) is 2.11. The minimum Gasteiger partial charge on any atom is -0.466 e. The lowest BCUT2D eigenvalue weighted by molar-refractivity contribution is -0.146. The predicted octanol–water partition coefficient (Wildman–Crippen LogP) is 4.05. The summed E-state index contributed by atoms with van der Waals surface area (Å²) in [7, 11) is 0. The topological polar surface area (TPSA) is 26.3 Å². The van der Waals surface area contributed by atoms with Gasteiger partial charge in [0.25, 0.3) is 0 Å². The summed E-state index contributed by atoms with van der Waals surface area (Å²) in [6, 6.07) is 0. The summed E-state index contributed by atoms with van der Waals surface area (Å²) in [4.78, 5) is 11.8. The Balaban J connectivity index is 2.63. The van der Waals surface area contributed by atoms with Crippen molar-refractivity contribution < 1.29 is 9.53 Å². The average molecular weight is 276 g/mol. The maximum absolute atomic E-state index is 11.8. The number of carbonyl (C=O) groups excluding carboxylic acids is 1. The Morgan fingerprint density at radius 3 is 2.69 bits per heavy atom. The van der Waals surface area contributed by atoms with Crippen molar-refractivity contribution in [1.29, 1.82) is 0 Å². The van der Waals surface area contributed by atoms with Gasteiger partial charge in [-0.1, -0.05) is 12.7 Å². The average Bonchev–Trinajstić information content (AvgIpc) is 2.78. The van der Waals surface area contributed by atoms with E-state index in [2.05, 4.69) is 13.2 Å². The lowest BCUT2D eigenvalue weighted by Crippen LogP contribution is -2.17. The number of hydrogen-bond donors (Lipinski definition) is 0. The van der Waals surface area contributed by atoms with Gasteiger partial charge in [0.05, 0.1) is 12.5 Å². The first-order valence-electron chi connectivity index (χ1n) is 5.23. The van der Waals surface area contributed by atoms with Crippen LogP contribution in [0.4, 0.5) is 0 Å². The van der Waals surface area contributed by atoms with Crippen LogP contribution in [0.15, 0.2) is 24.5 Å². The minimum absolute atomic E-state index is 0.150. The number of allylic oxidation sites excluding steroid dienone is 1. The molecule has 5 heteroatoms. The molecule has 0 spiro atoms. The first-order valence-corrected chi connectivity index (χ1v) is 9.75. The van der Waals surface area contributed by atoms with Gasteiger partial charge in [0, 0.05) is 17.8 Å². The van der Waals surface area contributed by atoms with Gasteiger partial charge < -0.3 is 4.74 Å². The summed E-state index contributed by atoms with van der Waals surface area (Å²) >= 11 is 3.85. The molecule has 1 fully saturated rings. The van der Waals surface area contributed by atoms with E-state index in [1.807, 2.05) is 29.7 Å². The Hall–Kier alpha value is 0.0800. The first kappa shape index (κ1) is 14.1. The molecular weight excluding hydrogens is 259 g/mol. The van der Waals surface area contributed by atoms with E-state index >= 15 is 0 Å². The Kier molecular flexibility index (Phi) is 6.55. The fraction of sp³-hybridized carbons (Fsp3) is 0.545. The maximum Gasteiger partial charge on any atom is 0.313 e. The molecule has 0 amide bonds. The summed E-state index contributed by atoms with van der Waals surface area (Å²) in [6.45, 7) is 10.1.